The first-order chi connectivity index (χ1) is 12.3. The smallest absolute Gasteiger partial charge is 0.416 e. The number of carbonyl (C=O) groups is 2. The van der Waals surface area contributed by atoms with Gasteiger partial charge in [-0.2, -0.15) is 18.3 Å². The zero-order chi connectivity index (χ0) is 18.9. The molecule has 9 heteroatoms. The molecule has 1 amide bonds. The van der Waals surface area contributed by atoms with Crippen molar-refractivity contribution >= 4 is 11.9 Å². The maximum Gasteiger partial charge on any atom is 0.416 e. The molecule has 1 saturated heterocycles. The van der Waals surface area contributed by atoms with E-state index in [0.29, 0.717) is 25.9 Å². The molecule has 1 aliphatic rings. The molecule has 0 bridgehead atoms. The molecule has 1 aliphatic heterocycles. The second-order valence-electron chi connectivity index (χ2n) is 6.12. The fourth-order valence-corrected chi connectivity index (χ4v) is 2.99. The molecule has 138 valence electrons. The van der Waals surface area contributed by atoms with Crippen LogP contribution in [0.4, 0.5) is 13.2 Å². The van der Waals surface area contributed by atoms with E-state index in [9.17, 15) is 22.8 Å². The quantitative estimate of drug-likeness (QED) is 0.905. The van der Waals surface area contributed by atoms with Crippen molar-refractivity contribution in [1.29, 1.82) is 0 Å². The van der Waals surface area contributed by atoms with E-state index in [0.717, 1.165) is 12.1 Å². The van der Waals surface area contributed by atoms with Gasteiger partial charge < -0.3 is 10.0 Å². The van der Waals surface area contributed by atoms with Crippen molar-refractivity contribution in [1.82, 2.24) is 14.7 Å². The molecule has 0 radical (unpaired) electrons. The number of halogens is 3. The summed E-state index contributed by atoms with van der Waals surface area (Å²) in [7, 11) is 0. The Hall–Kier alpha value is -2.84. The minimum Gasteiger partial charge on any atom is -0.478 e. The van der Waals surface area contributed by atoms with Crippen molar-refractivity contribution in [3.63, 3.8) is 0 Å². The number of likely N-dealkylation sites (tertiary alicyclic amines) is 1. The van der Waals surface area contributed by atoms with Gasteiger partial charge in [0.2, 0.25) is 0 Å². The highest BCUT2D eigenvalue weighted by Crippen LogP contribution is 2.30. The van der Waals surface area contributed by atoms with Gasteiger partial charge in [0.15, 0.2) is 0 Å². The van der Waals surface area contributed by atoms with Crippen molar-refractivity contribution in [2.24, 2.45) is 0 Å². The van der Waals surface area contributed by atoms with Crippen LogP contribution >= 0.6 is 0 Å². The first kappa shape index (κ1) is 18.0. The Morgan fingerprint density at radius 1 is 1.15 bits per heavy atom. The van der Waals surface area contributed by atoms with Crippen molar-refractivity contribution in [2.75, 3.05) is 13.1 Å². The normalized spacial score (nSPS) is 15.9. The lowest BCUT2D eigenvalue weighted by Gasteiger charge is -2.32. The number of rotatable bonds is 3. The van der Waals surface area contributed by atoms with Crippen LogP contribution in [0.15, 0.2) is 36.7 Å². The number of hydrogen-bond acceptors (Lipinski definition) is 3. The maximum atomic E-state index is 12.8. The summed E-state index contributed by atoms with van der Waals surface area (Å²) >= 11 is 0. The molecule has 6 nitrogen and oxygen atoms in total. The van der Waals surface area contributed by atoms with Gasteiger partial charge in [-0.15, -0.1) is 0 Å². The number of piperidine rings is 1. The van der Waals surface area contributed by atoms with Crippen molar-refractivity contribution in [2.45, 2.75) is 25.1 Å². The predicted octanol–water partition coefficient (Wildman–Crippen LogP) is 3.08. The lowest BCUT2D eigenvalue weighted by atomic mass is 10.0. The average Bonchev–Trinajstić information content (AvgIpc) is 3.11. The van der Waals surface area contributed by atoms with E-state index in [1.165, 1.54) is 29.4 Å². The van der Waals surface area contributed by atoms with Gasteiger partial charge in [-0.3, -0.25) is 9.48 Å². The SMILES string of the molecule is O=C(O)c1cnn(C2CCN(C(=O)c3cccc(C(F)(F)F)c3)CC2)c1. The Labute approximate surface area is 146 Å². The van der Waals surface area contributed by atoms with Crippen molar-refractivity contribution in [3.8, 4) is 0 Å². The number of alkyl halides is 3. The average molecular weight is 367 g/mol. The molecule has 0 saturated carbocycles. The van der Waals surface area contributed by atoms with Crippen molar-refractivity contribution < 1.29 is 27.9 Å². The van der Waals surface area contributed by atoms with Crippen LogP contribution in [0.3, 0.4) is 0 Å². The van der Waals surface area contributed by atoms with Gasteiger partial charge in [-0.1, -0.05) is 6.07 Å². The Balaban J connectivity index is 1.66. The second kappa shape index (κ2) is 6.81. The first-order valence-electron chi connectivity index (χ1n) is 7.99. The van der Waals surface area contributed by atoms with Crippen LogP contribution in [0.1, 0.15) is 45.2 Å². The summed E-state index contributed by atoms with van der Waals surface area (Å²) < 4.78 is 39.9. The Bertz CT molecular complexity index is 824. The van der Waals surface area contributed by atoms with E-state index in [-0.39, 0.29) is 17.2 Å². The van der Waals surface area contributed by atoms with E-state index in [1.807, 2.05) is 0 Å². The van der Waals surface area contributed by atoms with Crippen LogP contribution in [-0.2, 0) is 6.18 Å². The number of carboxylic acids is 1. The number of aromatic nitrogens is 2. The molecular formula is C17H16F3N3O3. The highest BCUT2D eigenvalue weighted by atomic mass is 19.4. The fourth-order valence-electron chi connectivity index (χ4n) is 2.99. The van der Waals surface area contributed by atoms with Gasteiger partial charge in [0.25, 0.3) is 5.91 Å². The van der Waals surface area contributed by atoms with E-state index in [2.05, 4.69) is 5.10 Å². The van der Waals surface area contributed by atoms with Crippen LogP contribution < -0.4 is 0 Å². The third-order valence-corrected chi connectivity index (χ3v) is 4.41. The molecule has 1 N–H and O–H groups in total. The second-order valence-corrected chi connectivity index (χ2v) is 6.12. The molecular weight excluding hydrogens is 351 g/mol. The fraction of sp³-hybridized carbons (Fsp3) is 0.353. The molecule has 0 unspecified atom stereocenters. The molecule has 26 heavy (non-hydrogen) atoms. The third kappa shape index (κ3) is 3.71. The summed E-state index contributed by atoms with van der Waals surface area (Å²) in [6.07, 6.45) is -0.693. The third-order valence-electron chi connectivity index (χ3n) is 4.41. The van der Waals surface area contributed by atoms with Crippen LogP contribution in [0.25, 0.3) is 0 Å². The van der Waals surface area contributed by atoms with Crippen LogP contribution in [0, 0.1) is 0 Å². The lowest BCUT2D eigenvalue weighted by Crippen LogP contribution is -2.39. The number of aromatic carboxylic acids is 1. The largest absolute Gasteiger partial charge is 0.478 e. The van der Waals surface area contributed by atoms with E-state index < -0.39 is 23.6 Å². The van der Waals surface area contributed by atoms with Gasteiger partial charge in [-0.25, -0.2) is 4.79 Å². The summed E-state index contributed by atoms with van der Waals surface area (Å²) in [5, 5.41) is 13.0. The zero-order valence-electron chi connectivity index (χ0n) is 13.6. The van der Waals surface area contributed by atoms with E-state index in [4.69, 9.17) is 5.11 Å². The number of carbonyl (C=O) groups excluding carboxylic acids is 1. The minimum absolute atomic E-state index is 0.00512. The van der Waals surface area contributed by atoms with Crippen molar-refractivity contribution in [3.05, 3.63) is 53.3 Å². The lowest BCUT2D eigenvalue weighted by molar-refractivity contribution is -0.137. The number of hydrogen-bond donors (Lipinski definition) is 1. The summed E-state index contributed by atoms with van der Waals surface area (Å²) in [4.78, 5) is 24.9. The number of nitrogens with zero attached hydrogens (tertiary/aromatic N) is 3. The number of carboxylic acid groups (broad SMARTS) is 1. The van der Waals surface area contributed by atoms with Gasteiger partial charge in [-0.05, 0) is 31.0 Å². The first-order valence-corrected chi connectivity index (χ1v) is 7.99. The molecule has 2 aromatic rings. The van der Waals surface area contributed by atoms with Gasteiger partial charge in [0, 0.05) is 24.8 Å². The molecule has 0 aliphatic carbocycles. The van der Waals surface area contributed by atoms with E-state index in [1.54, 1.807) is 4.68 Å². The number of amides is 1. The minimum atomic E-state index is -4.49. The molecule has 0 atom stereocenters. The zero-order valence-corrected chi connectivity index (χ0v) is 13.6. The standard InChI is InChI=1S/C17H16F3N3O3/c18-17(19,20)13-3-1-2-11(8-13)15(24)22-6-4-14(5-7-22)23-10-12(9-21-23)16(25)26/h1-3,8-10,14H,4-7H2,(H,25,26). The predicted molar refractivity (Wildman–Crippen MR) is 84.8 cm³/mol. The highest BCUT2D eigenvalue weighted by Gasteiger charge is 2.32. The van der Waals surface area contributed by atoms with Gasteiger partial charge >= 0.3 is 12.1 Å². The molecule has 0 spiro atoms. The highest BCUT2D eigenvalue weighted by molar-refractivity contribution is 5.94. The topological polar surface area (TPSA) is 75.4 Å². The maximum absolute atomic E-state index is 12.8. The summed E-state index contributed by atoms with van der Waals surface area (Å²) in [5.74, 6) is -1.50. The molecule has 1 aromatic carbocycles. The summed E-state index contributed by atoms with van der Waals surface area (Å²) in [6, 6.07) is 4.34. The van der Waals surface area contributed by atoms with Crippen LogP contribution in [0.2, 0.25) is 0 Å². The van der Waals surface area contributed by atoms with E-state index >= 15 is 0 Å². The molecule has 1 fully saturated rings. The monoisotopic (exact) mass is 367 g/mol. The molecule has 3 rings (SSSR count). The summed E-state index contributed by atoms with van der Waals surface area (Å²) in [5.41, 5.74) is -0.756. The Kier molecular flexibility index (Phi) is 4.71. The van der Waals surface area contributed by atoms with Crippen LogP contribution in [-0.4, -0.2) is 44.8 Å². The van der Waals surface area contributed by atoms with Crippen LogP contribution in [0.5, 0.6) is 0 Å². The molecule has 1 aromatic heterocycles. The van der Waals surface area contributed by atoms with Gasteiger partial charge in [0.1, 0.15) is 0 Å². The Morgan fingerprint density at radius 2 is 1.85 bits per heavy atom. The summed E-state index contributed by atoms with van der Waals surface area (Å²) in [6.45, 7) is 0.726. The number of benzene rings is 1. The molecule has 2 heterocycles. The van der Waals surface area contributed by atoms with Gasteiger partial charge in [0.05, 0.1) is 23.4 Å². The Morgan fingerprint density at radius 3 is 2.42 bits per heavy atom.